The molecule has 2 heterocycles. The molecule has 0 fully saturated rings. The van der Waals surface area contributed by atoms with E-state index in [9.17, 15) is 0 Å². The van der Waals surface area contributed by atoms with Crippen LogP contribution in [0.3, 0.4) is 0 Å². The number of benzene rings is 4. The van der Waals surface area contributed by atoms with E-state index in [2.05, 4.69) is 94.6 Å². The second-order valence-electron chi connectivity index (χ2n) is 7.87. The summed E-state index contributed by atoms with van der Waals surface area (Å²) in [5.41, 5.74) is 8.32. The van der Waals surface area contributed by atoms with Gasteiger partial charge in [-0.3, -0.25) is 0 Å². The fraction of sp³-hybridized carbons (Fsp3) is 0.0714. The number of hydrogen-bond acceptors (Lipinski definition) is 0. The van der Waals surface area contributed by atoms with Gasteiger partial charge in [0.25, 0.3) is 0 Å². The van der Waals surface area contributed by atoms with Crippen molar-refractivity contribution in [3.05, 3.63) is 110 Å². The summed E-state index contributed by atoms with van der Waals surface area (Å²) in [7, 11) is 4.02. The molecule has 0 unspecified atom stereocenters. The molecule has 0 amide bonds. The maximum absolute atomic E-state index is 3.57. The van der Waals surface area contributed by atoms with Gasteiger partial charge in [-0.1, -0.05) is 48.5 Å². The Morgan fingerprint density at radius 1 is 0.545 bits per heavy atom. The predicted molar refractivity (Wildman–Crippen MR) is 123 cm³/mol. The number of para-hydroxylation sites is 4. The van der Waals surface area contributed by atoms with Gasteiger partial charge in [0.05, 0.1) is 36.2 Å². The van der Waals surface area contributed by atoms with Crippen molar-refractivity contribution >= 4 is 22.1 Å². The molecule has 0 bridgehead atoms. The van der Waals surface area contributed by atoms with Crippen LogP contribution in [0.4, 0.5) is 0 Å². The molecule has 0 aliphatic heterocycles. The van der Waals surface area contributed by atoms with E-state index < -0.39 is 0 Å². The zero-order valence-electron chi connectivity index (χ0n) is 18.2. The molecule has 0 spiro atoms. The first-order valence-electron chi connectivity index (χ1n) is 10.5. The third kappa shape index (κ3) is 3.61. The smallest absolute Gasteiger partial charge is 0.337 e. The van der Waals surface area contributed by atoms with E-state index in [0.29, 0.717) is 0 Å². The maximum Gasteiger partial charge on any atom is 4.00 e. The van der Waals surface area contributed by atoms with Gasteiger partial charge in [-0.25, -0.2) is 11.1 Å². The summed E-state index contributed by atoms with van der Waals surface area (Å²) in [6.45, 7) is 0. The number of aryl methyl sites for hydroxylation is 2. The molecule has 0 aliphatic carbocycles. The number of rotatable bonds is 3. The minimum atomic E-state index is 0. The van der Waals surface area contributed by atoms with Gasteiger partial charge in [0, 0.05) is 0 Å². The Morgan fingerprint density at radius 3 is 1.42 bits per heavy atom. The van der Waals surface area contributed by atoms with Crippen molar-refractivity contribution in [3.8, 4) is 22.5 Å². The summed E-state index contributed by atoms with van der Waals surface area (Å²) in [5, 5.41) is 0. The van der Waals surface area contributed by atoms with Gasteiger partial charge in [0.2, 0.25) is 12.7 Å². The van der Waals surface area contributed by atoms with Crippen LogP contribution in [0.15, 0.2) is 84.9 Å². The van der Waals surface area contributed by atoms with Crippen molar-refractivity contribution in [1.82, 2.24) is 9.13 Å². The van der Waals surface area contributed by atoms with E-state index in [1.54, 1.807) is 0 Å². The predicted octanol–water partition coefficient (Wildman–Crippen LogP) is 4.09. The Kier molecular flexibility index (Phi) is 5.47. The van der Waals surface area contributed by atoms with Crippen LogP contribution in [-0.2, 0) is 35.2 Å². The molecule has 160 valence electrons. The van der Waals surface area contributed by atoms with E-state index >= 15 is 0 Å². The normalized spacial score (nSPS) is 11.1. The van der Waals surface area contributed by atoms with Crippen LogP contribution >= 0.6 is 0 Å². The number of hydrogen-bond donors (Lipinski definition) is 0. The summed E-state index contributed by atoms with van der Waals surface area (Å²) >= 11 is 0. The van der Waals surface area contributed by atoms with E-state index in [1.165, 1.54) is 0 Å². The molecule has 33 heavy (non-hydrogen) atoms. The van der Waals surface area contributed by atoms with Gasteiger partial charge < -0.3 is 18.3 Å². The van der Waals surface area contributed by atoms with Crippen LogP contribution in [0.5, 0.6) is 0 Å². The molecule has 2 aromatic heterocycles. The monoisotopic (exact) mass is 607 g/mol. The third-order valence-electron chi connectivity index (χ3n) is 5.80. The van der Waals surface area contributed by atoms with Gasteiger partial charge >= 0.3 is 21.1 Å². The minimum Gasteiger partial charge on any atom is -0.337 e. The van der Waals surface area contributed by atoms with Crippen LogP contribution < -0.4 is 9.13 Å². The standard InChI is InChI=1S/C28H20N4.Pt/c1-29-19-31(27-15-5-3-13-25(27)29)23-11-7-9-21(17-23)22-10-8-12-24(18-22)32-20-30(2)26-14-4-6-16-28(26)32;/h3-16H,1-2H3;/q-2;+4. The number of imidazole rings is 2. The van der Waals surface area contributed by atoms with E-state index in [1.807, 2.05) is 47.5 Å². The maximum atomic E-state index is 3.57. The van der Waals surface area contributed by atoms with Crippen LogP contribution in [0.1, 0.15) is 0 Å². The Bertz CT molecular complexity index is 1490. The molecule has 0 aliphatic rings. The molecule has 0 saturated heterocycles. The molecular weight excluding hydrogens is 587 g/mol. The second kappa shape index (κ2) is 8.46. The summed E-state index contributed by atoms with van der Waals surface area (Å²) in [5.74, 6) is 0. The first-order chi connectivity index (χ1) is 15.7. The Hall–Kier alpha value is -3.49. The number of aromatic nitrogens is 4. The SMILES string of the molecule is C[n+]1[c-]n(-c2[c-]c(-c3[c-]c(-n4[c-][n+](C)c5ccccc54)ccc3)ccc2)c2ccccc21.[Pt+4]. The molecule has 6 aromatic rings. The Balaban J connectivity index is 0.00000228. The van der Waals surface area contributed by atoms with Crippen LogP contribution in [-0.4, -0.2) is 9.13 Å². The summed E-state index contributed by atoms with van der Waals surface area (Å²) in [6, 6.07) is 36.1. The van der Waals surface area contributed by atoms with Crippen LogP contribution in [0.2, 0.25) is 0 Å². The average molecular weight is 608 g/mol. The van der Waals surface area contributed by atoms with Gasteiger partial charge in [-0.15, -0.1) is 12.1 Å². The topological polar surface area (TPSA) is 17.6 Å². The van der Waals surface area contributed by atoms with Crippen molar-refractivity contribution < 1.29 is 30.2 Å². The molecule has 0 N–H and O–H groups in total. The molecule has 5 heteroatoms. The van der Waals surface area contributed by atoms with Gasteiger partial charge in [-0.05, 0) is 11.4 Å². The van der Waals surface area contributed by atoms with Gasteiger partial charge in [0.15, 0.2) is 0 Å². The van der Waals surface area contributed by atoms with Gasteiger partial charge in [-0.2, -0.15) is 36.4 Å². The van der Waals surface area contributed by atoms with E-state index in [4.69, 9.17) is 0 Å². The molecular formula is C28H20N4Pt+2. The largest absolute Gasteiger partial charge is 4.00 e. The molecule has 0 saturated carbocycles. The Morgan fingerprint density at radius 2 is 0.970 bits per heavy atom. The quantitative estimate of drug-likeness (QED) is 0.213. The van der Waals surface area contributed by atoms with Crippen molar-refractivity contribution in [2.24, 2.45) is 14.1 Å². The molecule has 4 nitrogen and oxygen atoms in total. The molecule has 4 aromatic carbocycles. The summed E-state index contributed by atoms with van der Waals surface area (Å²) in [4.78, 5) is 0. The summed E-state index contributed by atoms with van der Waals surface area (Å²) in [6.07, 6.45) is 6.78. The first kappa shape index (κ1) is 21.4. The van der Waals surface area contributed by atoms with Crippen LogP contribution in [0, 0.1) is 24.8 Å². The second-order valence-corrected chi connectivity index (χ2v) is 7.87. The van der Waals surface area contributed by atoms with Crippen molar-refractivity contribution in [1.29, 1.82) is 0 Å². The number of nitrogens with zero attached hydrogens (tertiary/aromatic N) is 4. The third-order valence-corrected chi connectivity index (χ3v) is 5.80. The van der Waals surface area contributed by atoms with Crippen molar-refractivity contribution in [2.45, 2.75) is 0 Å². The fourth-order valence-corrected chi connectivity index (χ4v) is 4.25. The first-order valence-corrected chi connectivity index (χ1v) is 10.5. The fourth-order valence-electron chi connectivity index (χ4n) is 4.25. The van der Waals surface area contributed by atoms with Crippen molar-refractivity contribution in [2.75, 3.05) is 0 Å². The zero-order chi connectivity index (χ0) is 21.7. The van der Waals surface area contributed by atoms with Crippen LogP contribution in [0.25, 0.3) is 44.6 Å². The molecule has 0 atom stereocenters. The number of fused-ring (bicyclic) bond motifs is 2. The average Bonchev–Trinajstić information content (AvgIpc) is 3.37. The molecule has 0 radical (unpaired) electrons. The molecule has 6 rings (SSSR count). The Labute approximate surface area is 207 Å². The summed E-state index contributed by atoms with van der Waals surface area (Å²) < 4.78 is 8.12. The zero-order valence-corrected chi connectivity index (χ0v) is 20.5. The van der Waals surface area contributed by atoms with E-state index in [0.717, 1.165) is 44.6 Å². The van der Waals surface area contributed by atoms with Crippen molar-refractivity contribution in [3.63, 3.8) is 0 Å². The minimum absolute atomic E-state index is 0. The van der Waals surface area contributed by atoms with Gasteiger partial charge in [0.1, 0.15) is 0 Å². The van der Waals surface area contributed by atoms with E-state index in [-0.39, 0.29) is 21.1 Å².